The smallest absolute Gasteiger partial charge is 0.337 e. The number of carbonyl (C=O) groups is 1. The van der Waals surface area contributed by atoms with Gasteiger partial charge in [-0.2, -0.15) is 5.26 Å². The Labute approximate surface area is 94.1 Å². The van der Waals surface area contributed by atoms with Gasteiger partial charge in [0.05, 0.1) is 28.3 Å². The van der Waals surface area contributed by atoms with Crippen LogP contribution in [0.1, 0.15) is 33.6 Å². The average Bonchev–Trinajstić information content (AvgIpc) is 2.26. The standard InChI is InChI=1S/C9H5ClF2N2O2/c10-1-6-4(2-13)7(9(15)16)5(3-14-6)8(11)12/h3,8H,1H2,(H,15,16). The number of pyridine rings is 1. The van der Waals surface area contributed by atoms with Crippen molar-refractivity contribution in [3.63, 3.8) is 0 Å². The van der Waals surface area contributed by atoms with E-state index >= 15 is 0 Å². The quantitative estimate of drug-likeness (QED) is 0.831. The Morgan fingerprint density at radius 1 is 1.69 bits per heavy atom. The SMILES string of the molecule is N#Cc1c(CCl)ncc(C(F)F)c1C(=O)O. The van der Waals surface area contributed by atoms with Crippen LogP contribution in [0.4, 0.5) is 8.78 Å². The Balaban J connectivity index is 3.59. The van der Waals surface area contributed by atoms with Crippen LogP contribution in [-0.4, -0.2) is 16.1 Å². The molecule has 0 saturated carbocycles. The van der Waals surface area contributed by atoms with Gasteiger partial charge in [0.15, 0.2) is 0 Å². The third-order valence-corrected chi connectivity index (χ3v) is 2.13. The Morgan fingerprint density at radius 3 is 2.69 bits per heavy atom. The molecular weight excluding hydrogens is 242 g/mol. The van der Waals surface area contributed by atoms with Crippen molar-refractivity contribution in [2.24, 2.45) is 0 Å². The van der Waals surface area contributed by atoms with Crippen molar-refractivity contribution >= 4 is 17.6 Å². The fraction of sp³-hybridized carbons (Fsp3) is 0.222. The third kappa shape index (κ3) is 2.09. The van der Waals surface area contributed by atoms with Gasteiger partial charge in [-0.1, -0.05) is 0 Å². The van der Waals surface area contributed by atoms with E-state index in [0.29, 0.717) is 0 Å². The third-order valence-electron chi connectivity index (χ3n) is 1.87. The minimum absolute atomic E-state index is 0.0223. The number of hydrogen-bond acceptors (Lipinski definition) is 3. The van der Waals surface area contributed by atoms with Gasteiger partial charge in [0.2, 0.25) is 0 Å². The van der Waals surface area contributed by atoms with Crippen LogP contribution in [0.3, 0.4) is 0 Å². The van der Waals surface area contributed by atoms with Gasteiger partial charge < -0.3 is 5.11 Å². The minimum atomic E-state index is -3.00. The lowest BCUT2D eigenvalue weighted by molar-refractivity contribution is 0.0683. The summed E-state index contributed by atoms with van der Waals surface area (Å²) in [4.78, 5) is 14.4. The molecule has 1 N–H and O–H groups in total. The van der Waals surface area contributed by atoms with Crippen molar-refractivity contribution in [2.75, 3.05) is 0 Å². The van der Waals surface area contributed by atoms with Gasteiger partial charge in [0.1, 0.15) is 6.07 Å². The molecule has 0 aliphatic rings. The summed E-state index contributed by atoms with van der Waals surface area (Å²) in [6, 6.07) is 1.53. The monoisotopic (exact) mass is 246 g/mol. The highest BCUT2D eigenvalue weighted by atomic mass is 35.5. The van der Waals surface area contributed by atoms with Crippen molar-refractivity contribution in [3.8, 4) is 6.07 Å². The molecule has 0 atom stereocenters. The van der Waals surface area contributed by atoms with Gasteiger partial charge in [-0.05, 0) is 0 Å². The molecule has 0 fully saturated rings. The molecule has 16 heavy (non-hydrogen) atoms. The Bertz CT molecular complexity index is 471. The zero-order chi connectivity index (χ0) is 12.3. The van der Waals surface area contributed by atoms with E-state index in [4.69, 9.17) is 22.0 Å². The maximum absolute atomic E-state index is 12.5. The first-order valence-corrected chi connectivity index (χ1v) is 4.55. The normalized spacial score (nSPS) is 10.2. The fourth-order valence-corrected chi connectivity index (χ4v) is 1.39. The Hall–Kier alpha value is -1.74. The van der Waals surface area contributed by atoms with E-state index in [0.717, 1.165) is 6.20 Å². The first-order valence-electron chi connectivity index (χ1n) is 4.02. The fourth-order valence-electron chi connectivity index (χ4n) is 1.18. The number of nitrogens with zero attached hydrogens (tertiary/aromatic N) is 2. The molecule has 0 aliphatic carbocycles. The van der Waals surface area contributed by atoms with Crippen LogP contribution in [0, 0.1) is 11.3 Å². The largest absolute Gasteiger partial charge is 0.478 e. The lowest BCUT2D eigenvalue weighted by atomic mass is 10.0. The second kappa shape index (κ2) is 4.86. The Kier molecular flexibility index (Phi) is 3.74. The van der Waals surface area contributed by atoms with Crippen molar-refractivity contribution in [1.82, 2.24) is 4.98 Å². The molecule has 0 aromatic carbocycles. The number of hydrogen-bond donors (Lipinski definition) is 1. The van der Waals surface area contributed by atoms with E-state index in [1.807, 2.05) is 0 Å². The molecule has 4 nitrogen and oxygen atoms in total. The molecule has 84 valence electrons. The second-order valence-electron chi connectivity index (χ2n) is 2.76. The van der Waals surface area contributed by atoms with Gasteiger partial charge >= 0.3 is 5.97 Å². The van der Waals surface area contributed by atoms with Crippen LogP contribution >= 0.6 is 11.6 Å². The first kappa shape index (κ1) is 12.3. The van der Waals surface area contributed by atoms with E-state index in [1.165, 1.54) is 6.07 Å². The molecular formula is C9H5ClF2N2O2. The van der Waals surface area contributed by atoms with Gasteiger partial charge in [-0.3, -0.25) is 4.98 Å². The number of alkyl halides is 3. The molecule has 1 aromatic rings. The van der Waals surface area contributed by atoms with E-state index in [-0.39, 0.29) is 11.6 Å². The summed E-state index contributed by atoms with van der Waals surface area (Å²) in [5, 5.41) is 17.5. The summed E-state index contributed by atoms with van der Waals surface area (Å²) in [6.07, 6.45) is -2.28. The molecule has 1 aromatic heterocycles. The van der Waals surface area contributed by atoms with Gasteiger partial charge in [0.25, 0.3) is 6.43 Å². The highest BCUT2D eigenvalue weighted by Gasteiger charge is 2.24. The highest BCUT2D eigenvalue weighted by molar-refractivity contribution is 6.17. The number of carboxylic acids is 1. The molecule has 0 saturated heterocycles. The van der Waals surface area contributed by atoms with Gasteiger partial charge in [-0.15, -0.1) is 11.6 Å². The average molecular weight is 247 g/mol. The van der Waals surface area contributed by atoms with Gasteiger partial charge in [-0.25, -0.2) is 13.6 Å². The summed E-state index contributed by atoms with van der Waals surface area (Å²) in [5.74, 6) is -1.81. The van der Waals surface area contributed by atoms with Crippen molar-refractivity contribution in [3.05, 3.63) is 28.6 Å². The topological polar surface area (TPSA) is 74.0 Å². The molecule has 0 amide bonds. The number of halogens is 3. The highest BCUT2D eigenvalue weighted by Crippen LogP contribution is 2.26. The van der Waals surface area contributed by atoms with Crippen LogP contribution in [0.2, 0.25) is 0 Å². The van der Waals surface area contributed by atoms with Crippen molar-refractivity contribution in [1.29, 1.82) is 5.26 Å². The zero-order valence-corrected chi connectivity index (χ0v) is 8.50. The van der Waals surface area contributed by atoms with Crippen LogP contribution in [0.15, 0.2) is 6.20 Å². The van der Waals surface area contributed by atoms with E-state index < -0.39 is 29.1 Å². The summed E-state index contributed by atoms with van der Waals surface area (Å²) < 4.78 is 25.0. The lowest BCUT2D eigenvalue weighted by Crippen LogP contribution is -2.10. The second-order valence-corrected chi connectivity index (χ2v) is 3.03. The molecule has 0 bridgehead atoms. The van der Waals surface area contributed by atoms with Crippen LogP contribution in [0.25, 0.3) is 0 Å². The number of nitriles is 1. The molecule has 0 aliphatic heterocycles. The zero-order valence-electron chi connectivity index (χ0n) is 7.75. The van der Waals surface area contributed by atoms with Crippen LogP contribution < -0.4 is 0 Å². The molecule has 1 rings (SSSR count). The van der Waals surface area contributed by atoms with Crippen LogP contribution in [0.5, 0.6) is 0 Å². The minimum Gasteiger partial charge on any atom is -0.478 e. The molecule has 0 radical (unpaired) electrons. The number of rotatable bonds is 3. The summed E-state index contributed by atoms with van der Waals surface area (Å²) in [6.45, 7) is 0. The number of aromatic nitrogens is 1. The summed E-state index contributed by atoms with van der Waals surface area (Å²) >= 11 is 5.43. The first-order chi connectivity index (χ1) is 7.52. The van der Waals surface area contributed by atoms with Crippen molar-refractivity contribution in [2.45, 2.75) is 12.3 Å². The Morgan fingerprint density at radius 2 is 2.31 bits per heavy atom. The van der Waals surface area contributed by atoms with E-state index in [2.05, 4.69) is 4.98 Å². The summed E-state index contributed by atoms with van der Waals surface area (Å²) in [5.41, 5.74) is -1.95. The maximum Gasteiger partial charge on any atom is 0.337 e. The van der Waals surface area contributed by atoms with E-state index in [1.54, 1.807) is 0 Å². The molecule has 0 unspecified atom stereocenters. The number of aromatic carboxylic acids is 1. The molecule has 1 heterocycles. The molecule has 7 heteroatoms. The van der Waals surface area contributed by atoms with E-state index in [9.17, 15) is 13.6 Å². The maximum atomic E-state index is 12.5. The van der Waals surface area contributed by atoms with Gasteiger partial charge in [0, 0.05) is 6.20 Å². The molecule has 0 spiro atoms. The van der Waals surface area contributed by atoms with Crippen LogP contribution in [-0.2, 0) is 5.88 Å². The number of carboxylic acid groups (broad SMARTS) is 1. The summed E-state index contributed by atoms with van der Waals surface area (Å²) in [7, 11) is 0. The predicted molar refractivity (Wildman–Crippen MR) is 50.4 cm³/mol. The van der Waals surface area contributed by atoms with Crippen molar-refractivity contribution < 1.29 is 18.7 Å². The lowest BCUT2D eigenvalue weighted by Gasteiger charge is -2.08. The predicted octanol–water partition coefficient (Wildman–Crippen LogP) is 2.33.